The van der Waals surface area contributed by atoms with Crippen molar-refractivity contribution in [2.24, 2.45) is 0 Å². The van der Waals surface area contributed by atoms with Gasteiger partial charge in [-0.1, -0.05) is 19.4 Å². The summed E-state index contributed by atoms with van der Waals surface area (Å²) >= 11 is 0. The molecule has 0 radical (unpaired) electrons. The van der Waals surface area contributed by atoms with Crippen LogP contribution in [0.2, 0.25) is 0 Å². The molecule has 2 amide bonds. The molecule has 0 unspecified atom stereocenters. The highest BCUT2D eigenvalue weighted by Gasteiger charge is 2.36. The van der Waals surface area contributed by atoms with Crippen LogP contribution in [0.3, 0.4) is 0 Å². The number of hydrogen-bond acceptors (Lipinski definition) is 5. The Hall–Kier alpha value is -2.24. The minimum Gasteiger partial charge on any atom is -0.493 e. The standard InChI is InChI=1S/C19H27NO5/c1-6-7-11-23-14-9-8-10-15-16(14)17(21)20(12-13(2)24-15)18(22)25-19(3,4)5/h8-10,13H,6-7,11-12H2,1-5H3/t13-/m1/s1. The minimum atomic E-state index is -0.687. The van der Waals surface area contributed by atoms with Crippen molar-refractivity contribution in [1.29, 1.82) is 0 Å². The lowest BCUT2D eigenvalue weighted by Gasteiger charge is -2.26. The first-order valence-electron chi connectivity index (χ1n) is 8.70. The number of carbonyl (C=O) groups is 2. The fraction of sp³-hybridized carbons (Fsp3) is 0.579. The van der Waals surface area contributed by atoms with Gasteiger partial charge in [0.2, 0.25) is 0 Å². The summed E-state index contributed by atoms with van der Waals surface area (Å²) in [6.45, 7) is 9.79. The van der Waals surface area contributed by atoms with Gasteiger partial charge in [-0.3, -0.25) is 4.79 Å². The summed E-state index contributed by atoms with van der Waals surface area (Å²) in [6, 6.07) is 5.22. The van der Waals surface area contributed by atoms with Gasteiger partial charge >= 0.3 is 6.09 Å². The molecular weight excluding hydrogens is 322 g/mol. The van der Waals surface area contributed by atoms with E-state index < -0.39 is 17.6 Å². The van der Waals surface area contributed by atoms with Gasteiger partial charge in [-0.15, -0.1) is 0 Å². The maximum Gasteiger partial charge on any atom is 0.417 e. The van der Waals surface area contributed by atoms with Gasteiger partial charge in [0.25, 0.3) is 5.91 Å². The predicted octanol–water partition coefficient (Wildman–Crippen LogP) is 4.02. The number of imide groups is 1. The molecule has 1 atom stereocenters. The largest absolute Gasteiger partial charge is 0.493 e. The smallest absolute Gasteiger partial charge is 0.417 e. The number of amides is 2. The average Bonchev–Trinajstić information content (AvgIpc) is 2.63. The molecule has 0 aliphatic carbocycles. The molecule has 138 valence electrons. The van der Waals surface area contributed by atoms with Crippen LogP contribution >= 0.6 is 0 Å². The van der Waals surface area contributed by atoms with E-state index in [1.54, 1.807) is 39.0 Å². The molecule has 1 aliphatic rings. The molecule has 1 aromatic carbocycles. The number of benzene rings is 1. The zero-order valence-corrected chi connectivity index (χ0v) is 15.6. The van der Waals surface area contributed by atoms with Gasteiger partial charge in [-0.25, -0.2) is 9.69 Å². The van der Waals surface area contributed by atoms with Crippen LogP contribution in [0.4, 0.5) is 4.79 Å². The zero-order valence-electron chi connectivity index (χ0n) is 15.6. The van der Waals surface area contributed by atoms with Gasteiger partial charge in [0.1, 0.15) is 28.8 Å². The molecule has 0 fully saturated rings. The Morgan fingerprint density at radius 1 is 1.36 bits per heavy atom. The van der Waals surface area contributed by atoms with Gasteiger partial charge in [0.05, 0.1) is 13.2 Å². The number of hydrogen-bond donors (Lipinski definition) is 0. The van der Waals surface area contributed by atoms with Crippen molar-refractivity contribution in [3.63, 3.8) is 0 Å². The molecule has 0 N–H and O–H groups in total. The second kappa shape index (κ2) is 7.76. The van der Waals surface area contributed by atoms with Crippen molar-refractivity contribution in [3.05, 3.63) is 23.8 Å². The van der Waals surface area contributed by atoms with Gasteiger partial charge in [-0.2, -0.15) is 0 Å². The van der Waals surface area contributed by atoms with Crippen molar-refractivity contribution in [2.75, 3.05) is 13.2 Å². The van der Waals surface area contributed by atoms with Crippen LogP contribution in [0, 0.1) is 0 Å². The van der Waals surface area contributed by atoms with E-state index in [0.717, 1.165) is 17.7 Å². The first-order chi connectivity index (χ1) is 11.7. The van der Waals surface area contributed by atoms with E-state index in [1.807, 2.05) is 6.92 Å². The third-order valence-electron chi connectivity index (χ3n) is 3.58. The molecule has 0 saturated heterocycles. The molecule has 1 aliphatic heterocycles. The quantitative estimate of drug-likeness (QED) is 0.768. The van der Waals surface area contributed by atoms with E-state index in [4.69, 9.17) is 14.2 Å². The van der Waals surface area contributed by atoms with Gasteiger partial charge in [0, 0.05) is 0 Å². The van der Waals surface area contributed by atoms with Crippen molar-refractivity contribution in [1.82, 2.24) is 4.90 Å². The molecule has 25 heavy (non-hydrogen) atoms. The molecule has 6 heteroatoms. The van der Waals surface area contributed by atoms with Gasteiger partial charge < -0.3 is 14.2 Å². The van der Waals surface area contributed by atoms with Crippen molar-refractivity contribution in [2.45, 2.75) is 59.2 Å². The fourth-order valence-corrected chi connectivity index (χ4v) is 2.47. The third-order valence-corrected chi connectivity index (χ3v) is 3.58. The molecule has 1 heterocycles. The topological polar surface area (TPSA) is 65.1 Å². The zero-order chi connectivity index (χ0) is 18.6. The van der Waals surface area contributed by atoms with Crippen molar-refractivity contribution >= 4 is 12.0 Å². The minimum absolute atomic E-state index is 0.122. The number of carbonyl (C=O) groups excluding carboxylic acids is 2. The van der Waals surface area contributed by atoms with E-state index in [1.165, 1.54) is 0 Å². The van der Waals surface area contributed by atoms with E-state index in [-0.39, 0.29) is 18.2 Å². The lowest BCUT2D eigenvalue weighted by Crippen LogP contribution is -2.43. The second-order valence-corrected chi connectivity index (χ2v) is 7.16. The van der Waals surface area contributed by atoms with Gasteiger partial charge in [-0.05, 0) is 46.2 Å². The number of ether oxygens (including phenoxy) is 3. The van der Waals surface area contributed by atoms with Crippen LogP contribution in [-0.2, 0) is 4.74 Å². The van der Waals surface area contributed by atoms with Crippen molar-refractivity contribution < 1.29 is 23.8 Å². The highest BCUT2D eigenvalue weighted by Crippen LogP contribution is 2.33. The summed E-state index contributed by atoms with van der Waals surface area (Å²) < 4.78 is 17.0. The SMILES string of the molecule is CCCCOc1cccc2c1C(=O)N(C(=O)OC(C)(C)C)C[C@@H](C)O2. The number of fused-ring (bicyclic) bond motifs is 1. The summed E-state index contributed by atoms with van der Waals surface area (Å²) in [7, 11) is 0. The van der Waals surface area contributed by atoms with E-state index in [2.05, 4.69) is 6.92 Å². The Morgan fingerprint density at radius 3 is 2.72 bits per heavy atom. The summed E-state index contributed by atoms with van der Waals surface area (Å²) in [5.41, 5.74) is -0.415. The second-order valence-electron chi connectivity index (χ2n) is 7.16. The first kappa shape index (κ1) is 19.1. The summed E-state index contributed by atoms with van der Waals surface area (Å²) in [4.78, 5) is 26.6. The molecule has 0 saturated carbocycles. The third kappa shape index (κ3) is 4.87. The van der Waals surface area contributed by atoms with Crippen LogP contribution in [0.5, 0.6) is 11.5 Å². The van der Waals surface area contributed by atoms with E-state index in [9.17, 15) is 9.59 Å². The Labute approximate surface area is 149 Å². The summed E-state index contributed by atoms with van der Waals surface area (Å²) in [5.74, 6) is 0.400. The van der Waals surface area contributed by atoms with Crippen LogP contribution < -0.4 is 9.47 Å². The number of unbranched alkanes of at least 4 members (excludes halogenated alkanes) is 1. The lowest BCUT2D eigenvalue weighted by atomic mass is 10.1. The Kier molecular flexibility index (Phi) is 5.93. The molecule has 0 spiro atoms. The Morgan fingerprint density at radius 2 is 2.08 bits per heavy atom. The van der Waals surface area contributed by atoms with Crippen LogP contribution in [0.1, 0.15) is 57.8 Å². The maximum absolute atomic E-state index is 13.0. The molecule has 0 bridgehead atoms. The first-order valence-corrected chi connectivity index (χ1v) is 8.70. The summed E-state index contributed by atoms with van der Waals surface area (Å²) in [6.07, 6.45) is 0.846. The van der Waals surface area contributed by atoms with Gasteiger partial charge in [0.15, 0.2) is 0 Å². The van der Waals surface area contributed by atoms with E-state index >= 15 is 0 Å². The monoisotopic (exact) mass is 349 g/mol. The molecule has 2 rings (SSSR count). The molecule has 6 nitrogen and oxygen atoms in total. The molecule has 1 aromatic rings. The number of rotatable bonds is 4. The number of nitrogens with zero attached hydrogens (tertiary/aromatic N) is 1. The Bertz CT molecular complexity index is 635. The van der Waals surface area contributed by atoms with Crippen LogP contribution in [-0.4, -0.2) is 41.8 Å². The molecular formula is C19H27NO5. The van der Waals surface area contributed by atoms with Crippen LogP contribution in [0.15, 0.2) is 18.2 Å². The highest BCUT2D eigenvalue weighted by molar-refractivity contribution is 6.07. The normalized spacial score (nSPS) is 17.4. The lowest BCUT2D eigenvalue weighted by molar-refractivity contribution is 0.0202. The summed E-state index contributed by atoms with van der Waals surface area (Å²) in [5, 5.41) is 0. The predicted molar refractivity (Wildman–Crippen MR) is 94.2 cm³/mol. The average molecular weight is 349 g/mol. The van der Waals surface area contributed by atoms with Crippen LogP contribution in [0.25, 0.3) is 0 Å². The Balaban J connectivity index is 2.35. The fourth-order valence-electron chi connectivity index (χ4n) is 2.47. The van der Waals surface area contributed by atoms with Crippen molar-refractivity contribution in [3.8, 4) is 11.5 Å². The molecule has 0 aromatic heterocycles. The maximum atomic E-state index is 13.0. The highest BCUT2D eigenvalue weighted by atomic mass is 16.6. The van der Waals surface area contributed by atoms with E-state index in [0.29, 0.717) is 18.1 Å².